The van der Waals surface area contributed by atoms with E-state index in [0.717, 1.165) is 18.1 Å². The van der Waals surface area contributed by atoms with Crippen molar-refractivity contribution < 1.29 is 0 Å². The molecule has 0 atom stereocenters. The van der Waals surface area contributed by atoms with Crippen molar-refractivity contribution in [1.29, 1.82) is 0 Å². The van der Waals surface area contributed by atoms with Crippen LogP contribution in [-0.4, -0.2) is 15.5 Å². The zero-order valence-electron chi connectivity index (χ0n) is 7.20. The number of nitrogens with one attached hydrogen (secondary N) is 1. The van der Waals surface area contributed by atoms with Crippen LogP contribution in [0.5, 0.6) is 0 Å². The molecular formula is C8H11N5. The van der Waals surface area contributed by atoms with E-state index in [1.165, 1.54) is 0 Å². The van der Waals surface area contributed by atoms with Crippen LogP contribution in [0.4, 0.5) is 5.82 Å². The summed E-state index contributed by atoms with van der Waals surface area (Å²) >= 11 is 0. The highest BCUT2D eigenvalue weighted by Crippen LogP contribution is 2.17. The number of aromatic nitrogens is 2. The number of imidazole rings is 1. The minimum Gasteiger partial charge on any atom is -0.370 e. The monoisotopic (exact) mass is 177 g/mol. The van der Waals surface area contributed by atoms with Gasteiger partial charge in [0.2, 0.25) is 0 Å². The largest absolute Gasteiger partial charge is 0.370 e. The van der Waals surface area contributed by atoms with Gasteiger partial charge in [-0.3, -0.25) is 0 Å². The highest BCUT2D eigenvalue weighted by Gasteiger charge is 2.14. The van der Waals surface area contributed by atoms with Crippen molar-refractivity contribution in [2.45, 2.75) is 13.1 Å². The number of hydrogen-bond donors (Lipinski definition) is 2. The zero-order chi connectivity index (χ0) is 9.26. The van der Waals surface area contributed by atoms with E-state index in [9.17, 15) is 0 Å². The molecule has 13 heavy (non-hydrogen) atoms. The summed E-state index contributed by atoms with van der Waals surface area (Å²) in [5, 5.41) is 2.90. The summed E-state index contributed by atoms with van der Waals surface area (Å²) in [6.07, 6.45) is 3.58. The van der Waals surface area contributed by atoms with E-state index in [4.69, 9.17) is 5.73 Å². The number of fused-ring (bicyclic) bond motifs is 1. The molecule has 0 bridgehead atoms. The summed E-state index contributed by atoms with van der Waals surface area (Å²) in [6.45, 7) is 5.00. The quantitative estimate of drug-likeness (QED) is 0.639. The maximum atomic E-state index is 5.50. The van der Waals surface area contributed by atoms with Gasteiger partial charge in [-0.15, -0.1) is 6.58 Å². The highest BCUT2D eigenvalue weighted by molar-refractivity contribution is 5.93. The zero-order valence-corrected chi connectivity index (χ0v) is 7.20. The molecule has 1 aromatic rings. The molecule has 2 rings (SSSR count). The molecule has 0 amide bonds. The summed E-state index contributed by atoms with van der Waals surface area (Å²) in [6, 6.07) is 0. The summed E-state index contributed by atoms with van der Waals surface area (Å²) in [5.74, 6) is 1.23. The number of anilines is 1. The van der Waals surface area contributed by atoms with Crippen molar-refractivity contribution in [2.24, 2.45) is 10.7 Å². The SMILES string of the molecule is C=CCn1cnc2c1CN=C(N)N2. The van der Waals surface area contributed by atoms with Gasteiger partial charge in [0.15, 0.2) is 11.8 Å². The molecule has 0 fully saturated rings. The van der Waals surface area contributed by atoms with E-state index >= 15 is 0 Å². The lowest BCUT2D eigenvalue weighted by molar-refractivity contribution is 0.756. The van der Waals surface area contributed by atoms with Gasteiger partial charge in [-0.1, -0.05) is 6.08 Å². The Labute approximate surface area is 76.0 Å². The van der Waals surface area contributed by atoms with Gasteiger partial charge in [-0.2, -0.15) is 0 Å². The fourth-order valence-corrected chi connectivity index (χ4v) is 1.30. The lowest BCUT2D eigenvalue weighted by atomic mass is 10.4. The number of guanidine groups is 1. The first-order chi connectivity index (χ1) is 6.31. The Balaban J connectivity index is 2.32. The van der Waals surface area contributed by atoms with E-state index in [-0.39, 0.29) is 0 Å². The highest BCUT2D eigenvalue weighted by atomic mass is 15.2. The van der Waals surface area contributed by atoms with Crippen molar-refractivity contribution in [3.8, 4) is 0 Å². The Morgan fingerprint density at radius 3 is 3.38 bits per heavy atom. The van der Waals surface area contributed by atoms with Gasteiger partial charge in [-0.25, -0.2) is 9.98 Å². The van der Waals surface area contributed by atoms with Crippen molar-refractivity contribution >= 4 is 11.8 Å². The molecular weight excluding hydrogens is 166 g/mol. The number of hydrogen-bond acceptors (Lipinski definition) is 4. The van der Waals surface area contributed by atoms with E-state index in [2.05, 4.69) is 21.9 Å². The minimum atomic E-state index is 0.427. The van der Waals surface area contributed by atoms with Gasteiger partial charge in [0.05, 0.1) is 18.6 Å². The Morgan fingerprint density at radius 1 is 1.77 bits per heavy atom. The molecule has 0 aliphatic carbocycles. The Kier molecular flexibility index (Phi) is 1.77. The van der Waals surface area contributed by atoms with Crippen LogP contribution in [0.15, 0.2) is 24.0 Å². The number of aliphatic imine (C=N–C) groups is 1. The van der Waals surface area contributed by atoms with Crippen LogP contribution in [0.1, 0.15) is 5.69 Å². The van der Waals surface area contributed by atoms with Crippen molar-refractivity contribution in [2.75, 3.05) is 5.32 Å². The van der Waals surface area contributed by atoms with Gasteiger partial charge in [0.1, 0.15) is 0 Å². The molecule has 1 aliphatic rings. The van der Waals surface area contributed by atoms with Crippen LogP contribution in [0.25, 0.3) is 0 Å². The van der Waals surface area contributed by atoms with Crippen LogP contribution in [0.2, 0.25) is 0 Å². The lowest BCUT2D eigenvalue weighted by Gasteiger charge is -2.12. The van der Waals surface area contributed by atoms with Crippen molar-refractivity contribution in [1.82, 2.24) is 9.55 Å². The second-order valence-electron chi connectivity index (χ2n) is 2.81. The average molecular weight is 177 g/mol. The van der Waals surface area contributed by atoms with Gasteiger partial charge < -0.3 is 15.6 Å². The van der Waals surface area contributed by atoms with E-state index < -0.39 is 0 Å². The Morgan fingerprint density at radius 2 is 2.62 bits per heavy atom. The number of nitrogens with two attached hydrogens (primary N) is 1. The minimum absolute atomic E-state index is 0.427. The molecule has 0 radical (unpaired) electrons. The summed E-state index contributed by atoms with van der Waals surface area (Å²) < 4.78 is 1.99. The molecule has 0 saturated carbocycles. The number of allylic oxidation sites excluding steroid dienone is 1. The van der Waals surface area contributed by atoms with Gasteiger partial charge in [0, 0.05) is 6.54 Å². The first-order valence-electron chi connectivity index (χ1n) is 4.03. The molecule has 1 aromatic heterocycles. The topological polar surface area (TPSA) is 68.2 Å². The van der Waals surface area contributed by atoms with Crippen LogP contribution in [0, 0.1) is 0 Å². The number of nitrogens with zero attached hydrogens (tertiary/aromatic N) is 3. The standard InChI is InChI=1S/C8H11N5/c1-2-3-13-5-11-7-6(13)4-10-8(9)12-7/h2,5H,1,3-4H2,(H3,9,10,12). The summed E-state index contributed by atoms with van der Waals surface area (Å²) in [7, 11) is 0. The number of rotatable bonds is 2. The fraction of sp³-hybridized carbons (Fsp3) is 0.250. The van der Waals surface area contributed by atoms with Gasteiger partial charge in [-0.05, 0) is 0 Å². The van der Waals surface area contributed by atoms with Crippen LogP contribution in [-0.2, 0) is 13.1 Å². The second kappa shape index (κ2) is 2.93. The molecule has 5 heteroatoms. The Bertz CT molecular complexity index is 363. The lowest BCUT2D eigenvalue weighted by Crippen LogP contribution is -2.26. The van der Waals surface area contributed by atoms with E-state index in [0.29, 0.717) is 12.5 Å². The van der Waals surface area contributed by atoms with Gasteiger partial charge in [0.25, 0.3) is 0 Å². The fourth-order valence-electron chi connectivity index (χ4n) is 1.30. The maximum Gasteiger partial charge on any atom is 0.194 e. The van der Waals surface area contributed by atoms with Gasteiger partial charge >= 0.3 is 0 Å². The molecule has 0 aromatic carbocycles. The molecule has 1 aliphatic heterocycles. The Hall–Kier alpha value is -1.78. The molecule has 2 heterocycles. The first kappa shape index (κ1) is 7.85. The third-order valence-electron chi connectivity index (χ3n) is 1.92. The van der Waals surface area contributed by atoms with E-state index in [1.807, 2.05) is 10.6 Å². The second-order valence-corrected chi connectivity index (χ2v) is 2.81. The normalized spacial score (nSPS) is 14.3. The first-order valence-corrected chi connectivity index (χ1v) is 4.03. The summed E-state index contributed by atoms with van der Waals surface area (Å²) in [4.78, 5) is 8.24. The smallest absolute Gasteiger partial charge is 0.194 e. The molecule has 5 nitrogen and oxygen atoms in total. The predicted octanol–water partition coefficient (Wildman–Crippen LogP) is 0.309. The van der Waals surface area contributed by atoms with Crippen LogP contribution >= 0.6 is 0 Å². The molecule has 0 unspecified atom stereocenters. The van der Waals surface area contributed by atoms with Crippen LogP contribution < -0.4 is 11.1 Å². The van der Waals surface area contributed by atoms with Crippen molar-refractivity contribution in [3.05, 3.63) is 24.7 Å². The molecule has 3 N–H and O–H groups in total. The third kappa shape index (κ3) is 1.28. The third-order valence-corrected chi connectivity index (χ3v) is 1.92. The van der Waals surface area contributed by atoms with E-state index in [1.54, 1.807) is 6.33 Å². The van der Waals surface area contributed by atoms with Crippen LogP contribution in [0.3, 0.4) is 0 Å². The summed E-state index contributed by atoms with van der Waals surface area (Å²) in [5.41, 5.74) is 6.55. The van der Waals surface area contributed by atoms with Crippen molar-refractivity contribution in [3.63, 3.8) is 0 Å². The average Bonchev–Trinajstić information content (AvgIpc) is 2.49. The predicted molar refractivity (Wildman–Crippen MR) is 51.4 cm³/mol. The maximum absolute atomic E-state index is 5.50. The molecule has 0 spiro atoms. The molecule has 0 saturated heterocycles. The molecule has 68 valence electrons.